The predicted molar refractivity (Wildman–Crippen MR) is 125 cm³/mol. The fraction of sp³-hybridized carbons (Fsp3) is 0.417. The zero-order valence-corrected chi connectivity index (χ0v) is 20.0. The van der Waals surface area contributed by atoms with E-state index in [4.69, 9.17) is 14.2 Å². The van der Waals surface area contributed by atoms with E-state index >= 15 is 0 Å². The second-order valence-electron chi connectivity index (χ2n) is 8.34. The zero-order chi connectivity index (χ0) is 24.3. The minimum absolute atomic E-state index is 0.0420. The number of nitrogens with zero attached hydrogens (tertiary/aromatic N) is 1. The molecule has 0 saturated carbocycles. The monoisotopic (exact) mass is 488 g/mol. The van der Waals surface area contributed by atoms with Crippen LogP contribution in [-0.4, -0.2) is 57.0 Å². The van der Waals surface area contributed by atoms with E-state index < -0.39 is 28.0 Å². The van der Waals surface area contributed by atoms with Crippen LogP contribution in [0.1, 0.15) is 42.1 Å². The minimum Gasteiger partial charge on any atom is -0.486 e. The third-order valence-corrected chi connectivity index (χ3v) is 7.74. The maximum atomic E-state index is 13.0. The van der Waals surface area contributed by atoms with Gasteiger partial charge in [-0.3, -0.25) is 4.79 Å². The SMILES string of the molecule is Cc1ccc(S(=O)(=O)N2CCCCC2)cc1C(=O)O[C@@H](C)C(=O)Nc1ccc2c(c1)OCCO2. The lowest BCUT2D eigenvalue weighted by Crippen LogP contribution is -2.35. The van der Waals surface area contributed by atoms with E-state index in [1.165, 1.54) is 23.4 Å². The van der Waals surface area contributed by atoms with Gasteiger partial charge in [0.05, 0.1) is 10.5 Å². The standard InChI is InChI=1S/C24H28N2O7S/c1-16-6-8-19(34(29,30)26-10-4-3-5-11-26)15-20(16)24(28)33-17(2)23(27)25-18-7-9-21-22(14-18)32-13-12-31-21/h6-9,14-15,17H,3-5,10-13H2,1-2H3,(H,25,27)/t17-/m0/s1. The number of nitrogens with one attached hydrogen (secondary N) is 1. The van der Waals surface area contributed by atoms with Crippen molar-refractivity contribution in [3.63, 3.8) is 0 Å². The van der Waals surface area contributed by atoms with Crippen LogP contribution in [0.5, 0.6) is 11.5 Å². The van der Waals surface area contributed by atoms with Gasteiger partial charge >= 0.3 is 5.97 Å². The summed E-state index contributed by atoms with van der Waals surface area (Å²) < 4.78 is 43.8. The average Bonchev–Trinajstić information content (AvgIpc) is 2.84. The van der Waals surface area contributed by atoms with Crippen LogP contribution in [0.2, 0.25) is 0 Å². The lowest BCUT2D eigenvalue weighted by molar-refractivity contribution is -0.123. The molecular weight excluding hydrogens is 460 g/mol. The average molecular weight is 489 g/mol. The third-order valence-electron chi connectivity index (χ3n) is 5.84. The molecule has 0 aliphatic carbocycles. The molecule has 4 rings (SSSR count). The summed E-state index contributed by atoms with van der Waals surface area (Å²) in [5, 5.41) is 2.69. The molecule has 34 heavy (non-hydrogen) atoms. The molecule has 10 heteroatoms. The molecule has 1 fully saturated rings. The molecular formula is C24H28N2O7S. The summed E-state index contributed by atoms with van der Waals surface area (Å²) >= 11 is 0. The molecule has 182 valence electrons. The molecule has 0 bridgehead atoms. The lowest BCUT2D eigenvalue weighted by atomic mass is 10.1. The van der Waals surface area contributed by atoms with Crippen LogP contribution in [-0.2, 0) is 19.6 Å². The van der Waals surface area contributed by atoms with Crippen LogP contribution in [0.3, 0.4) is 0 Å². The number of rotatable bonds is 6. The Labute approximate surface area is 199 Å². The molecule has 1 atom stereocenters. The Morgan fingerprint density at radius 1 is 1.00 bits per heavy atom. The fourth-order valence-electron chi connectivity index (χ4n) is 3.88. The van der Waals surface area contributed by atoms with Crippen LogP contribution in [0.4, 0.5) is 5.69 Å². The highest BCUT2D eigenvalue weighted by atomic mass is 32.2. The number of fused-ring (bicyclic) bond motifs is 1. The van der Waals surface area contributed by atoms with Crippen LogP contribution < -0.4 is 14.8 Å². The number of hydrogen-bond donors (Lipinski definition) is 1. The van der Waals surface area contributed by atoms with Gasteiger partial charge in [0.25, 0.3) is 5.91 Å². The van der Waals surface area contributed by atoms with Gasteiger partial charge in [0.15, 0.2) is 17.6 Å². The first-order valence-corrected chi connectivity index (χ1v) is 12.7. The summed E-state index contributed by atoms with van der Waals surface area (Å²) in [6, 6.07) is 9.39. The maximum Gasteiger partial charge on any atom is 0.339 e. The molecule has 2 aromatic rings. The number of benzene rings is 2. The Morgan fingerprint density at radius 2 is 1.71 bits per heavy atom. The minimum atomic E-state index is -3.70. The highest BCUT2D eigenvalue weighted by molar-refractivity contribution is 7.89. The number of amides is 1. The van der Waals surface area contributed by atoms with Gasteiger partial charge in [0.1, 0.15) is 13.2 Å². The Hall–Kier alpha value is -3.11. The molecule has 0 radical (unpaired) electrons. The normalized spacial score (nSPS) is 17.0. The zero-order valence-electron chi connectivity index (χ0n) is 19.2. The van der Waals surface area contributed by atoms with Crippen molar-refractivity contribution in [2.24, 2.45) is 0 Å². The number of hydrogen-bond acceptors (Lipinski definition) is 7. The van der Waals surface area contributed by atoms with Crippen molar-refractivity contribution in [2.45, 2.75) is 44.1 Å². The van der Waals surface area contributed by atoms with E-state index in [-0.39, 0.29) is 10.5 Å². The number of piperidine rings is 1. The Morgan fingerprint density at radius 3 is 2.44 bits per heavy atom. The van der Waals surface area contributed by atoms with E-state index in [0.717, 1.165) is 19.3 Å². The molecule has 1 amide bonds. The number of ether oxygens (including phenoxy) is 3. The number of aryl methyl sites for hydroxylation is 1. The van der Waals surface area contributed by atoms with Gasteiger partial charge in [-0.15, -0.1) is 0 Å². The van der Waals surface area contributed by atoms with Crippen molar-refractivity contribution in [1.82, 2.24) is 4.31 Å². The summed E-state index contributed by atoms with van der Waals surface area (Å²) in [4.78, 5) is 25.5. The molecule has 0 aromatic heterocycles. The number of carbonyl (C=O) groups excluding carboxylic acids is 2. The molecule has 9 nitrogen and oxygen atoms in total. The van der Waals surface area contributed by atoms with Gasteiger partial charge in [-0.25, -0.2) is 13.2 Å². The molecule has 2 aliphatic heterocycles. The van der Waals surface area contributed by atoms with Crippen LogP contribution in [0.15, 0.2) is 41.3 Å². The van der Waals surface area contributed by atoms with Gasteiger partial charge in [0, 0.05) is 24.8 Å². The van der Waals surface area contributed by atoms with Crippen molar-refractivity contribution in [1.29, 1.82) is 0 Å². The Balaban J connectivity index is 1.44. The Kier molecular flexibility index (Phi) is 7.08. The number of anilines is 1. The van der Waals surface area contributed by atoms with Crippen LogP contribution >= 0.6 is 0 Å². The van der Waals surface area contributed by atoms with E-state index in [1.54, 1.807) is 31.2 Å². The van der Waals surface area contributed by atoms with Crippen molar-refractivity contribution in [3.8, 4) is 11.5 Å². The highest BCUT2D eigenvalue weighted by Gasteiger charge is 2.28. The molecule has 1 saturated heterocycles. The summed E-state index contributed by atoms with van der Waals surface area (Å²) in [6.07, 6.45) is 1.53. The second-order valence-corrected chi connectivity index (χ2v) is 10.3. The maximum absolute atomic E-state index is 13.0. The fourth-order valence-corrected chi connectivity index (χ4v) is 5.42. The van der Waals surface area contributed by atoms with E-state index in [0.29, 0.717) is 49.1 Å². The summed E-state index contributed by atoms with van der Waals surface area (Å²) in [7, 11) is -3.70. The second kappa shape index (κ2) is 10.0. The van der Waals surface area contributed by atoms with E-state index in [1.807, 2.05) is 0 Å². The topological polar surface area (TPSA) is 111 Å². The molecule has 2 aliphatic rings. The number of esters is 1. The lowest BCUT2D eigenvalue weighted by Gasteiger charge is -2.26. The largest absolute Gasteiger partial charge is 0.486 e. The Bertz CT molecular complexity index is 1190. The molecule has 0 spiro atoms. The number of sulfonamides is 1. The predicted octanol–water partition coefficient (Wildman–Crippen LogP) is 3.12. The van der Waals surface area contributed by atoms with Gasteiger partial charge in [-0.2, -0.15) is 4.31 Å². The first kappa shape index (κ1) is 24.0. The molecule has 2 aromatic carbocycles. The summed E-state index contributed by atoms with van der Waals surface area (Å²) in [6.45, 7) is 4.96. The van der Waals surface area contributed by atoms with Gasteiger partial charge in [-0.05, 0) is 56.5 Å². The molecule has 2 heterocycles. The van der Waals surface area contributed by atoms with Crippen molar-refractivity contribution < 1.29 is 32.2 Å². The van der Waals surface area contributed by atoms with Crippen molar-refractivity contribution >= 4 is 27.6 Å². The highest BCUT2D eigenvalue weighted by Crippen LogP contribution is 2.32. The summed E-state index contributed by atoms with van der Waals surface area (Å²) in [5.41, 5.74) is 1.14. The van der Waals surface area contributed by atoms with Crippen molar-refractivity contribution in [2.75, 3.05) is 31.6 Å². The van der Waals surface area contributed by atoms with Gasteiger partial charge < -0.3 is 19.5 Å². The van der Waals surface area contributed by atoms with Crippen molar-refractivity contribution in [3.05, 3.63) is 47.5 Å². The van der Waals surface area contributed by atoms with Gasteiger partial charge in [-0.1, -0.05) is 12.5 Å². The third kappa shape index (κ3) is 5.18. The van der Waals surface area contributed by atoms with E-state index in [9.17, 15) is 18.0 Å². The quantitative estimate of drug-likeness (QED) is 0.622. The smallest absolute Gasteiger partial charge is 0.339 e. The van der Waals surface area contributed by atoms with Gasteiger partial charge in [0.2, 0.25) is 10.0 Å². The van der Waals surface area contributed by atoms with Crippen LogP contribution in [0.25, 0.3) is 0 Å². The molecule has 0 unspecified atom stereocenters. The first-order valence-electron chi connectivity index (χ1n) is 11.3. The van der Waals surface area contributed by atoms with Crippen LogP contribution in [0, 0.1) is 6.92 Å². The summed E-state index contributed by atoms with van der Waals surface area (Å²) in [5.74, 6) is -0.174. The first-order chi connectivity index (χ1) is 16.3. The molecule has 1 N–H and O–H groups in total. The number of carbonyl (C=O) groups is 2. The van der Waals surface area contributed by atoms with E-state index in [2.05, 4.69) is 5.32 Å².